The van der Waals surface area contributed by atoms with E-state index in [4.69, 9.17) is 4.74 Å². The number of hydrogen-bond donors (Lipinski definition) is 1. The monoisotopic (exact) mass is 404 g/mol. The number of amides is 1. The summed E-state index contributed by atoms with van der Waals surface area (Å²) in [5, 5.41) is 2.92. The Hall–Kier alpha value is -2.38. The van der Waals surface area contributed by atoms with Crippen molar-refractivity contribution in [3.8, 4) is 5.75 Å². The van der Waals surface area contributed by atoms with Crippen LogP contribution in [0, 0.1) is 6.92 Å². The van der Waals surface area contributed by atoms with Crippen molar-refractivity contribution in [2.24, 2.45) is 0 Å². The lowest BCUT2D eigenvalue weighted by atomic mass is 10.1. The number of hydrogen-bond acceptors (Lipinski definition) is 4. The van der Waals surface area contributed by atoms with Gasteiger partial charge in [-0.15, -0.1) is 0 Å². The standard InChI is InChI=1S/C21H28N2O4S/c1-16-14-19(28(25,26)23(3)4)12-13-20(16)27-15-21(24)22-17(2)10-11-18-8-6-5-7-9-18/h5-9,12-14,17H,10-11,15H2,1-4H3,(H,22,24)/t17-/m0/s1. The van der Waals surface area contributed by atoms with Gasteiger partial charge in [0.2, 0.25) is 10.0 Å². The van der Waals surface area contributed by atoms with Crippen LogP contribution in [-0.4, -0.2) is 45.4 Å². The maximum absolute atomic E-state index is 12.2. The Labute approximate surface area is 167 Å². The lowest BCUT2D eigenvalue weighted by Crippen LogP contribution is -2.36. The number of aryl methyl sites for hydroxylation is 2. The first kappa shape index (κ1) is 21.9. The zero-order chi connectivity index (χ0) is 20.7. The molecular weight excluding hydrogens is 376 g/mol. The topological polar surface area (TPSA) is 75.7 Å². The molecule has 0 aliphatic heterocycles. The van der Waals surface area contributed by atoms with Crippen molar-refractivity contribution in [2.75, 3.05) is 20.7 Å². The van der Waals surface area contributed by atoms with E-state index < -0.39 is 10.0 Å². The molecule has 2 aromatic carbocycles. The first-order valence-corrected chi connectivity index (χ1v) is 10.6. The van der Waals surface area contributed by atoms with Gasteiger partial charge in [0.05, 0.1) is 4.90 Å². The predicted molar refractivity (Wildman–Crippen MR) is 110 cm³/mol. The van der Waals surface area contributed by atoms with Crippen LogP contribution in [0.1, 0.15) is 24.5 Å². The minimum Gasteiger partial charge on any atom is -0.484 e. The van der Waals surface area contributed by atoms with Crippen molar-refractivity contribution >= 4 is 15.9 Å². The van der Waals surface area contributed by atoms with Crippen LogP contribution in [0.5, 0.6) is 5.75 Å². The van der Waals surface area contributed by atoms with Gasteiger partial charge in [-0.1, -0.05) is 30.3 Å². The average Bonchev–Trinajstić information content (AvgIpc) is 2.66. The highest BCUT2D eigenvalue weighted by molar-refractivity contribution is 7.89. The van der Waals surface area contributed by atoms with Crippen molar-refractivity contribution in [2.45, 2.75) is 37.6 Å². The number of sulfonamides is 1. The van der Waals surface area contributed by atoms with Crippen molar-refractivity contribution in [3.63, 3.8) is 0 Å². The van der Waals surface area contributed by atoms with Crippen LogP contribution in [0.25, 0.3) is 0 Å². The van der Waals surface area contributed by atoms with Gasteiger partial charge in [-0.3, -0.25) is 4.79 Å². The molecule has 0 aromatic heterocycles. The lowest BCUT2D eigenvalue weighted by Gasteiger charge is -2.16. The first-order valence-electron chi connectivity index (χ1n) is 9.19. The van der Waals surface area contributed by atoms with Crippen molar-refractivity contribution in [3.05, 3.63) is 59.7 Å². The summed E-state index contributed by atoms with van der Waals surface area (Å²) >= 11 is 0. The normalized spacial score (nSPS) is 12.6. The summed E-state index contributed by atoms with van der Waals surface area (Å²) < 4.78 is 31.1. The van der Waals surface area contributed by atoms with Crippen LogP contribution >= 0.6 is 0 Å². The Morgan fingerprint density at radius 3 is 2.43 bits per heavy atom. The molecule has 1 amide bonds. The Kier molecular flexibility index (Phi) is 7.60. The molecule has 2 rings (SSSR count). The Morgan fingerprint density at radius 1 is 1.14 bits per heavy atom. The first-order chi connectivity index (χ1) is 13.2. The number of benzene rings is 2. The second kappa shape index (κ2) is 9.71. The number of ether oxygens (including phenoxy) is 1. The fraction of sp³-hybridized carbons (Fsp3) is 0.381. The summed E-state index contributed by atoms with van der Waals surface area (Å²) in [6.07, 6.45) is 1.73. The molecule has 0 saturated heterocycles. The van der Waals surface area contributed by atoms with Gasteiger partial charge in [0.15, 0.2) is 6.61 Å². The molecule has 1 atom stereocenters. The average molecular weight is 405 g/mol. The highest BCUT2D eigenvalue weighted by atomic mass is 32.2. The smallest absolute Gasteiger partial charge is 0.258 e. The third-order valence-corrected chi connectivity index (χ3v) is 6.21. The van der Waals surface area contributed by atoms with Gasteiger partial charge in [-0.2, -0.15) is 0 Å². The second-order valence-electron chi connectivity index (χ2n) is 7.00. The number of rotatable bonds is 9. The van der Waals surface area contributed by atoms with Gasteiger partial charge < -0.3 is 10.1 Å². The van der Waals surface area contributed by atoms with E-state index in [1.165, 1.54) is 25.7 Å². The van der Waals surface area contributed by atoms with Crippen molar-refractivity contribution in [1.82, 2.24) is 9.62 Å². The summed E-state index contributed by atoms with van der Waals surface area (Å²) in [5.41, 5.74) is 1.90. The molecule has 28 heavy (non-hydrogen) atoms. The molecule has 0 aliphatic carbocycles. The zero-order valence-electron chi connectivity index (χ0n) is 16.8. The molecule has 0 unspecified atom stereocenters. The van der Waals surface area contributed by atoms with Crippen LogP contribution in [0.2, 0.25) is 0 Å². The molecular formula is C21H28N2O4S. The molecule has 0 fully saturated rings. The third-order valence-electron chi connectivity index (χ3n) is 4.40. The van der Waals surface area contributed by atoms with Crippen LogP contribution in [-0.2, 0) is 21.2 Å². The number of nitrogens with one attached hydrogen (secondary N) is 1. The predicted octanol–water partition coefficient (Wildman–Crippen LogP) is 2.76. The van der Waals surface area contributed by atoms with Crippen LogP contribution in [0.15, 0.2) is 53.4 Å². The van der Waals surface area contributed by atoms with Crippen LogP contribution in [0.4, 0.5) is 0 Å². The number of nitrogens with zero attached hydrogens (tertiary/aromatic N) is 1. The minimum absolute atomic E-state index is 0.0324. The SMILES string of the molecule is Cc1cc(S(=O)(=O)N(C)C)ccc1OCC(=O)N[C@@H](C)CCc1ccccc1. The largest absolute Gasteiger partial charge is 0.484 e. The third kappa shape index (κ3) is 6.07. The molecule has 0 heterocycles. The molecule has 0 radical (unpaired) electrons. The van der Waals surface area contributed by atoms with E-state index in [-0.39, 0.29) is 23.5 Å². The van der Waals surface area contributed by atoms with Gasteiger partial charge in [-0.05, 0) is 56.0 Å². The maximum Gasteiger partial charge on any atom is 0.258 e. The highest BCUT2D eigenvalue weighted by Gasteiger charge is 2.18. The van der Waals surface area contributed by atoms with Gasteiger partial charge in [-0.25, -0.2) is 12.7 Å². The molecule has 0 saturated carbocycles. The van der Waals surface area contributed by atoms with E-state index in [1.807, 2.05) is 25.1 Å². The summed E-state index contributed by atoms with van der Waals surface area (Å²) in [6, 6.07) is 14.8. The number of carbonyl (C=O) groups is 1. The second-order valence-corrected chi connectivity index (χ2v) is 9.15. The summed E-state index contributed by atoms with van der Waals surface area (Å²) in [6.45, 7) is 3.60. The quantitative estimate of drug-likeness (QED) is 0.697. The minimum atomic E-state index is -3.49. The number of carbonyl (C=O) groups excluding carboxylic acids is 1. The zero-order valence-corrected chi connectivity index (χ0v) is 17.6. The Morgan fingerprint density at radius 2 is 1.82 bits per heavy atom. The van der Waals surface area contributed by atoms with E-state index in [9.17, 15) is 13.2 Å². The van der Waals surface area contributed by atoms with Crippen LogP contribution in [0.3, 0.4) is 0 Å². The summed E-state index contributed by atoms with van der Waals surface area (Å²) in [5.74, 6) is 0.287. The molecule has 152 valence electrons. The van der Waals surface area contributed by atoms with E-state index in [0.29, 0.717) is 11.3 Å². The maximum atomic E-state index is 12.2. The van der Waals surface area contributed by atoms with Crippen molar-refractivity contribution in [1.29, 1.82) is 0 Å². The van der Waals surface area contributed by atoms with Gasteiger partial charge in [0, 0.05) is 20.1 Å². The summed E-state index contributed by atoms with van der Waals surface area (Å²) in [4.78, 5) is 12.3. The fourth-order valence-corrected chi connectivity index (χ4v) is 3.70. The summed E-state index contributed by atoms with van der Waals surface area (Å²) in [7, 11) is -0.525. The fourth-order valence-electron chi connectivity index (χ4n) is 2.71. The highest BCUT2D eigenvalue weighted by Crippen LogP contribution is 2.23. The van der Waals surface area contributed by atoms with Crippen LogP contribution < -0.4 is 10.1 Å². The van der Waals surface area contributed by atoms with Gasteiger partial charge >= 0.3 is 0 Å². The molecule has 1 N–H and O–H groups in total. The van der Waals surface area contributed by atoms with E-state index in [2.05, 4.69) is 17.4 Å². The molecule has 6 nitrogen and oxygen atoms in total. The van der Waals surface area contributed by atoms with Crippen molar-refractivity contribution < 1.29 is 17.9 Å². The molecule has 7 heteroatoms. The lowest BCUT2D eigenvalue weighted by molar-refractivity contribution is -0.123. The van der Waals surface area contributed by atoms with E-state index in [0.717, 1.165) is 17.1 Å². The molecule has 0 bridgehead atoms. The molecule has 2 aromatic rings. The Balaban J connectivity index is 1.85. The molecule has 0 spiro atoms. The van der Waals surface area contributed by atoms with Gasteiger partial charge in [0.1, 0.15) is 5.75 Å². The van der Waals surface area contributed by atoms with Gasteiger partial charge in [0.25, 0.3) is 5.91 Å². The molecule has 0 aliphatic rings. The van der Waals surface area contributed by atoms with E-state index >= 15 is 0 Å². The Bertz CT molecular complexity index is 896. The van der Waals surface area contributed by atoms with E-state index in [1.54, 1.807) is 19.1 Å².